The summed E-state index contributed by atoms with van der Waals surface area (Å²) < 4.78 is 16.7. The molecule has 0 spiro atoms. The smallest absolute Gasteiger partial charge is 0.161 e. The fourth-order valence-electron chi connectivity index (χ4n) is 2.09. The Kier molecular flexibility index (Phi) is 3.74. The standard InChI is InChI=1S/C16H17NO3/c17-14(11-20-13-4-2-1-3-5-13)12-6-7-15-16(10-12)19-9-8-18-15/h1-7,10,14H,8-9,11,17H2/t14-/m1/s1. The highest BCUT2D eigenvalue weighted by Gasteiger charge is 2.15. The Morgan fingerprint density at radius 1 is 1.00 bits per heavy atom. The Balaban J connectivity index is 1.66. The maximum Gasteiger partial charge on any atom is 0.161 e. The van der Waals surface area contributed by atoms with E-state index in [0.29, 0.717) is 19.8 Å². The third-order valence-corrected chi connectivity index (χ3v) is 3.17. The summed E-state index contributed by atoms with van der Waals surface area (Å²) in [5.74, 6) is 2.35. The van der Waals surface area contributed by atoms with E-state index in [9.17, 15) is 0 Å². The van der Waals surface area contributed by atoms with Crippen LogP contribution < -0.4 is 19.9 Å². The zero-order valence-electron chi connectivity index (χ0n) is 11.1. The highest BCUT2D eigenvalue weighted by atomic mass is 16.6. The molecule has 2 aromatic rings. The van der Waals surface area contributed by atoms with Gasteiger partial charge in [-0.1, -0.05) is 24.3 Å². The molecule has 0 bridgehead atoms. The predicted molar refractivity (Wildman–Crippen MR) is 76.3 cm³/mol. The summed E-state index contributed by atoms with van der Waals surface area (Å²) in [7, 11) is 0. The molecule has 3 rings (SSSR count). The molecule has 0 amide bonds. The van der Waals surface area contributed by atoms with Gasteiger partial charge in [0.15, 0.2) is 11.5 Å². The Hall–Kier alpha value is -2.20. The van der Waals surface area contributed by atoms with E-state index in [-0.39, 0.29) is 6.04 Å². The van der Waals surface area contributed by atoms with Crippen LogP contribution >= 0.6 is 0 Å². The molecule has 1 aliphatic heterocycles. The van der Waals surface area contributed by atoms with Gasteiger partial charge in [-0.05, 0) is 29.8 Å². The van der Waals surface area contributed by atoms with Gasteiger partial charge >= 0.3 is 0 Å². The number of hydrogen-bond acceptors (Lipinski definition) is 4. The second-order valence-electron chi connectivity index (χ2n) is 4.63. The quantitative estimate of drug-likeness (QED) is 0.928. The molecule has 0 aromatic heterocycles. The molecule has 2 aromatic carbocycles. The highest BCUT2D eigenvalue weighted by molar-refractivity contribution is 5.44. The normalized spacial score (nSPS) is 14.7. The Morgan fingerprint density at radius 3 is 2.55 bits per heavy atom. The lowest BCUT2D eigenvalue weighted by Gasteiger charge is -2.20. The summed E-state index contributed by atoms with van der Waals surface area (Å²) in [6.45, 7) is 1.59. The van der Waals surface area contributed by atoms with Crippen LogP contribution in [0.25, 0.3) is 0 Å². The van der Waals surface area contributed by atoms with E-state index in [1.54, 1.807) is 0 Å². The average molecular weight is 271 g/mol. The van der Waals surface area contributed by atoms with Gasteiger partial charge in [-0.3, -0.25) is 0 Å². The summed E-state index contributed by atoms with van der Waals surface area (Å²) in [5.41, 5.74) is 7.13. The average Bonchev–Trinajstić information content (AvgIpc) is 2.53. The van der Waals surface area contributed by atoms with Crippen molar-refractivity contribution in [2.75, 3.05) is 19.8 Å². The molecule has 4 heteroatoms. The van der Waals surface area contributed by atoms with Crippen LogP contribution in [0.5, 0.6) is 17.2 Å². The van der Waals surface area contributed by atoms with Crippen molar-refractivity contribution in [3.05, 3.63) is 54.1 Å². The van der Waals surface area contributed by atoms with E-state index in [1.807, 2.05) is 48.5 Å². The number of rotatable bonds is 4. The third kappa shape index (κ3) is 2.86. The summed E-state index contributed by atoms with van der Waals surface area (Å²) in [4.78, 5) is 0. The van der Waals surface area contributed by atoms with Crippen LogP contribution in [0.2, 0.25) is 0 Å². The summed E-state index contributed by atoms with van der Waals surface area (Å²) in [6.07, 6.45) is 0. The second-order valence-corrected chi connectivity index (χ2v) is 4.63. The van der Waals surface area contributed by atoms with E-state index in [2.05, 4.69) is 0 Å². The zero-order valence-corrected chi connectivity index (χ0v) is 11.1. The number of ether oxygens (including phenoxy) is 3. The Labute approximate surface area is 118 Å². The molecular weight excluding hydrogens is 254 g/mol. The van der Waals surface area contributed by atoms with Crippen LogP contribution in [-0.4, -0.2) is 19.8 Å². The predicted octanol–water partition coefficient (Wildman–Crippen LogP) is 2.54. The first-order valence-corrected chi connectivity index (χ1v) is 6.66. The SMILES string of the molecule is N[C@H](COc1ccccc1)c1ccc2c(c1)OCCO2. The molecule has 0 saturated heterocycles. The van der Waals surface area contributed by atoms with Crippen LogP contribution in [0.4, 0.5) is 0 Å². The third-order valence-electron chi connectivity index (χ3n) is 3.17. The van der Waals surface area contributed by atoms with Crippen LogP contribution in [0.1, 0.15) is 11.6 Å². The zero-order chi connectivity index (χ0) is 13.8. The van der Waals surface area contributed by atoms with Crippen molar-refractivity contribution in [2.24, 2.45) is 5.73 Å². The minimum absolute atomic E-state index is 0.203. The monoisotopic (exact) mass is 271 g/mol. The summed E-state index contributed by atoms with van der Waals surface area (Å²) >= 11 is 0. The van der Waals surface area contributed by atoms with E-state index < -0.39 is 0 Å². The molecule has 2 N–H and O–H groups in total. The van der Waals surface area contributed by atoms with E-state index >= 15 is 0 Å². The van der Waals surface area contributed by atoms with Crippen molar-refractivity contribution in [3.63, 3.8) is 0 Å². The van der Waals surface area contributed by atoms with Gasteiger partial charge in [0.1, 0.15) is 25.6 Å². The van der Waals surface area contributed by atoms with Crippen molar-refractivity contribution in [1.29, 1.82) is 0 Å². The first kappa shape index (κ1) is 12.8. The lowest BCUT2D eigenvalue weighted by atomic mass is 10.1. The largest absolute Gasteiger partial charge is 0.492 e. The molecule has 1 aliphatic rings. The van der Waals surface area contributed by atoms with Crippen LogP contribution in [-0.2, 0) is 0 Å². The van der Waals surface area contributed by atoms with Crippen LogP contribution in [0.15, 0.2) is 48.5 Å². The molecule has 0 aliphatic carbocycles. The minimum atomic E-state index is -0.203. The number of hydrogen-bond donors (Lipinski definition) is 1. The molecule has 0 unspecified atom stereocenters. The fraction of sp³-hybridized carbons (Fsp3) is 0.250. The molecular formula is C16H17NO3. The maximum absolute atomic E-state index is 6.15. The van der Waals surface area contributed by atoms with E-state index in [4.69, 9.17) is 19.9 Å². The summed E-state index contributed by atoms with van der Waals surface area (Å²) in [6, 6.07) is 15.2. The molecule has 4 nitrogen and oxygen atoms in total. The van der Waals surface area contributed by atoms with Crippen LogP contribution in [0.3, 0.4) is 0 Å². The minimum Gasteiger partial charge on any atom is -0.492 e. The highest BCUT2D eigenvalue weighted by Crippen LogP contribution is 2.32. The molecule has 104 valence electrons. The topological polar surface area (TPSA) is 53.7 Å². The maximum atomic E-state index is 6.15. The molecule has 0 saturated carbocycles. The number of benzene rings is 2. The van der Waals surface area contributed by atoms with Crippen molar-refractivity contribution in [3.8, 4) is 17.2 Å². The van der Waals surface area contributed by atoms with Gasteiger partial charge in [-0.2, -0.15) is 0 Å². The molecule has 20 heavy (non-hydrogen) atoms. The lowest BCUT2D eigenvalue weighted by Crippen LogP contribution is -2.20. The van der Waals surface area contributed by atoms with Gasteiger partial charge in [-0.15, -0.1) is 0 Å². The first-order valence-electron chi connectivity index (χ1n) is 6.66. The number of nitrogens with two attached hydrogens (primary N) is 1. The van der Waals surface area contributed by atoms with Gasteiger partial charge in [0.2, 0.25) is 0 Å². The number of para-hydroxylation sites is 1. The number of fused-ring (bicyclic) bond motifs is 1. The molecule has 1 atom stereocenters. The van der Waals surface area contributed by atoms with Crippen LogP contribution in [0, 0.1) is 0 Å². The van der Waals surface area contributed by atoms with Gasteiger partial charge in [0, 0.05) is 0 Å². The van der Waals surface area contributed by atoms with Gasteiger partial charge < -0.3 is 19.9 Å². The van der Waals surface area contributed by atoms with Crippen molar-refractivity contribution < 1.29 is 14.2 Å². The molecule has 0 fully saturated rings. The molecule has 1 heterocycles. The van der Waals surface area contributed by atoms with Gasteiger partial charge in [0.25, 0.3) is 0 Å². The fourth-order valence-corrected chi connectivity index (χ4v) is 2.09. The first-order chi connectivity index (χ1) is 9.83. The van der Waals surface area contributed by atoms with Gasteiger partial charge in [-0.25, -0.2) is 0 Å². The van der Waals surface area contributed by atoms with E-state index in [0.717, 1.165) is 22.8 Å². The Morgan fingerprint density at radius 2 is 1.75 bits per heavy atom. The Bertz CT molecular complexity index is 571. The van der Waals surface area contributed by atoms with Crippen molar-refractivity contribution in [2.45, 2.75) is 6.04 Å². The second kappa shape index (κ2) is 5.84. The lowest BCUT2D eigenvalue weighted by molar-refractivity contribution is 0.171. The van der Waals surface area contributed by atoms with Crippen molar-refractivity contribution in [1.82, 2.24) is 0 Å². The summed E-state index contributed by atoms with van der Waals surface area (Å²) in [5, 5.41) is 0. The van der Waals surface area contributed by atoms with Crippen molar-refractivity contribution >= 4 is 0 Å². The van der Waals surface area contributed by atoms with Gasteiger partial charge in [0.05, 0.1) is 6.04 Å². The molecule has 0 radical (unpaired) electrons. The van der Waals surface area contributed by atoms with E-state index in [1.165, 1.54) is 0 Å².